The van der Waals surface area contributed by atoms with Crippen molar-refractivity contribution in [3.05, 3.63) is 175 Å². The Bertz CT molecular complexity index is 4910. The van der Waals surface area contributed by atoms with E-state index in [0.717, 1.165) is 57.9 Å². The normalized spacial score (nSPS) is 12.4. The van der Waals surface area contributed by atoms with Crippen LogP contribution in [0.2, 0.25) is 10.0 Å². The number of nitrogens with zero attached hydrogens (tertiary/aromatic N) is 15. The van der Waals surface area contributed by atoms with E-state index >= 15 is 0 Å². The number of ether oxygens (including phenoxy) is 4. The van der Waals surface area contributed by atoms with Crippen LogP contribution in [0.5, 0.6) is 23.0 Å². The number of halogens is 5. The van der Waals surface area contributed by atoms with Gasteiger partial charge in [0.15, 0.2) is 0 Å². The molecular weight excluding hydrogens is 1310 g/mol. The summed E-state index contributed by atoms with van der Waals surface area (Å²) < 4.78 is 108. The molecule has 12 rings (SSSR count). The monoisotopic (exact) mass is 1390 g/mol. The summed E-state index contributed by atoms with van der Waals surface area (Å²) in [6.07, 6.45) is 11.6. The molecule has 6 aromatic carbocycles. The smallest absolute Gasteiger partial charge is 0.405 e. The molecule has 0 atom stereocenters. The van der Waals surface area contributed by atoms with E-state index in [1.54, 1.807) is 123 Å². The third-order valence-electron chi connectivity index (χ3n) is 15.2. The molecule has 0 aliphatic heterocycles. The van der Waals surface area contributed by atoms with Gasteiger partial charge in [0, 0.05) is 182 Å². The first-order valence-corrected chi connectivity index (χ1v) is 31.7. The Labute approximate surface area is 588 Å². The van der Waals surface area contributed by atoms with Gasteiger partial charge in [-0.2, -0.15) is 28.5 Å². The van der Waals surface area contributed by atoms with E-state index in [1.807, 2.05) is 74.4 Å². The Kier molecular flexibility index (Phi) is 20.8. The lowest BCUT2D eigenvalue weighted by molar-refractivity contribution is -0.138. The number of aliphatic hydroxyl groups is 1. The van der Waals surface area contributed by atoms with E-state index in [2.05, 4.69) is 54.3 Å². The Morgan fingerprint density at radius 3 is 1.29 bits per heavy atom. The van der Waals surface area contributed by atoms with Crippen molar-refractivity contribution >= 4 is 96.3 Å². The summed E-state index contributed by atoms with van der Waals surface area (Å²) in [5.41, 5.74) is 13.0. The van der Waals surface area contributed by atoms with E-state index in [1.165, 1.54) is 32.4 Å². The second kappa shape index (κ2) is 32.6. The maximum Gasteiger partial charge on any atom is 0.405 e. The van der Waals surface area contributed by atoms with Crippen molar-refractivity contribution in [3.63, 3.8) is 0 Å². The number of anilines is 6. The lowest BCUT2D eigenvalue weighted by Gasteiger charge is -2.26. The predicted molar refractivity (Wildman–Crippen MR) is 380 cm³/mol. The SMILES string of the molecule is CC(C)NCCN(c1cc(Cl)cc(Cl)c1)c1ccc2ncc(-c3cnn(C)c3)nc2c1.COc1cc(OC)cc(N(CCC(=O)NCC(F)(F)F)c2ccc3ncc(-c4cnn(C)c4)nc3c2)c1.[2H]C([2H])([2H])Oc1cc(OC([2H])([2H])[2H])cc(N(CCCO)c2ccc3ncc(-c4cnn(C)c4)nc3c2)c1. The van der Waals surface area contributed by atoms with Crippen molar-refractivity contribution in [2.24, 2.45) is 21.1 Å². The highest BCUT2D eigenvalue weighted by atomic mass is 35.5. The van der Waals surface area contributed by atoms with Gasteiger partial charge in [0.25, 0.3) is 0 Å². The summed E-state index contributed by atoms with van der Waals surface area (Å²) in [7, 11) is 3.01. The summed E-state index contributed by atoms with van der Waals surface area (Å²) >= 11 is 12.6. The second-order valence-corrected chi connectivity index (χ2v) is 23.7. The molecular formula is C71H74Cl2F3N17O6. The van der Waals surface area contributed by atoms with Gasteiger partial charge in [-0.15, -0.1) is 0 Å². The summed E-state index contributed by atoms with van der Waals surface area (Å²) in [4.78, 5) is 45.8. The zero-order chi connectivity index (χ0) is 75.3. The van der Waals surface area contributed by atoms with Crippen LogP contribution in [0, 0.1) is 0 Å². The van der Waals surface area contributed by atoms with Gasteiger partial charge in [-0.05, 0) is 79.2 Å². The van der Waals surface area contributed by atoms with Crippen molar-refractivity contribution in [3.8, 4) is 56.8 Å². The van der Waals surface area contributed by atoms with Gasteiger partial charge in [-0.3, -0.25) is 33.8 Å². The molecule has 0 spiro atoms. The zero-order valence-electron chi connectivity index (χ0n) is 60.9. The molecule has 0 saturated heterocycles. The van der Waals surface area contributed by atoms with Crippen LogP contribution in [0.15, 0.2) is 165 Å². The van der Waals surface area contributed by atoms with Crippen LogP contribution in [0.1, 0.15) is 34.9 Å². The molecule has 0 fully saturated rings. The Hall–Kier alpha value is -10.7. The minimum Gasteiger partial charge on any atom is -0.497 e. The fraction of sp³-hybridized carbons (Fsp3) is 0.268. The van der Waals surface area contributed by atoms with E-state index < -0.39 is 32.7 Å². The standard InChI is InChI=1S/C25H25F3N6O3.C23H24Cl2N6.C23H25N5O3/c1-33-14-16(12-31-33)23-13-29-21-5-4-17(10-22(21)32-23)34(7-6-24(35)30-15-25(26,27)28)18-8-19(36-2)11-20(9-18)37-3;1-15(2)26-6-7-31(20-9-17(24)8-18(25)10-20)19-4-5-21-22(11-19)29-23(13-27-21)16-12-28-30(3)14-16;1-27-15-16(13-25-27)23-14-24-21-6-5-17(11-22(21)26-23)28(7-4-8-29)18-9-19(30-2)12-20(10-18)31-3/h4-5,8-14H,6-7,15H2,1-3H3,(H,30,35);4-5,8-15,26H,6-7H2,1-3H3;5-6,9-15,29H,4,7-8H2,1-3H3/i;;2D3,3D3. The highest BCUT2D eigenvalue weighted by molar-refractivity contribution is 6.35. The molecule has 0 unspecified atom stereocenters. The van der Waals surface area contributed by atoms with E-state index in [0.29, 0.717) is 96.8 Å². The van der Waals surface area contributed by atoms with Crippen molar-refractivity contribution in [1.82, 2.24) is 69.9 Å². The fourth-order valence-corrected chi connectivity index (χ4v) is 11.0. The molecule has 1 amide bonds. The average molecular weight is 1400 g/mol. The molecule has 514 valence electrons. The molecule has 99 heavy (non-hydrogen) atoms. The first-order chi connectivity index (χ1) is 49.9. The number of aromatic nitrogens is 12. The highest BCUT2D eigenvalue weighted by Crippen LogP contribution is 2.38. The number of hydrogen-bond acceptors (Lipinski definition) is 19. The summed E-state index contributed by atoms with van der Waals surface area (Å²) in [5.74, 6) is 0.118. The fourth-order valence-electron chi connectivity index (χ4n) is 10.5. The molecule has 6 heterocycles. The first-order valence-electron chi connectivity index (χ1n) is 33.9. The minimum absolute atomic E-state index is 0.0846. The Morgan fingerprint density at radius 2 is 0.929 bits per heavy atom. The predicted octanol–water partition coefficient (Wildman–Crippen LogP) is 13.3. The average Bonchev–Trinajstić information content (AvgIpc) is 1.55. The number of hydrogen-bond donors (Lipinski definition) is 3. The molecule has 0 bridgehead atoms. The molecule has 3 N–H and O–H groups in total. The number of nitrogens with one attached hydrogen (secondary N) is 2. The molecule has 28 heteroatoms. The number of carbonyl (C=O) groups excluding carboxylic acids is 1. The van der Waals surface area contributed by atoms with Crippen LogP contribution in [0.4, 0.5) is 47.3 Å². The van der Waals surface area contributed by atoms with Gasteiger partial charge >= 0.3 is 6.18 Å². The number of carbonyl (C=O) groups is 1. The molecule has 0 aliphatic rings. The van der Waals surface area contributed by atoms with E-state index in [4.69, 9.17) is 65.3 Å². The van der Waals surface area contributed by atoms with Crippen molar-refractivity contribution < 1.29 is 50.2 Å². The lowest BCUT2D eigenvalue weighted by Crippen LogP contribution is -2.35. The Morgan fingerprint density at radius 1 is 0.535 bits per heavy atom. The van der Waals surface area contributed by atoms with Crippen molar-refractivity contribution in [2.45, 2.75) is 38.9 Å². The van der Waals surface area contributed by atoms with Gasteiger partial charge in [-0.25, -0.2) is 15.0 Å². The maximum atomic E-state index is 12.5. The lowest BCUT2D eigenvalue weighted by atomic mass is 10.1. The summed E-state index contributed by atoms with van der Waals surface area (Å²) in [6.45, 7) is 4.74. The molecule has 0 aliphatic carbocycles. The third-order valence-corrected chi connectivity index (χ3v) is 15.6. The molecule has 12 aromatic rings. The van der Waals surface area contributed by atoms with Crippen LogP contribution in [-0.2, 0) is 25.9 Å². The minimum atomic E-state index is -4.49. The van der Waals surface area contributed by atoms with Crippen LogP contribution in [0.3, 0.4) is 0 Å². The number of rotatable bonds is 24. The van der Waals surface area contributed by atoms with Crippen molar-refractivity contribution in [2.75, 3.05) is 82.3 Å². The van der Waals surface area contributed by atoms with Gasteiger partial charge in [0.05, 0.1) is 124 Å². The number of benzene rings is 6. The number of amides is 1. The molecule has 0 saturated carbocycles. The van der Waals surface area contributed by atoms with Crippen molar-refractivity contribution in [1.29, 1.82) is 0 Å². The van der Waals surface area contributed by atoms with E-state index in [9.17, 15) is 23.1 Å². The first kappa shape index (κ1) is 63.1. The van der Waals surface area contributed by atoms with Gasteiger partial charge in [0.1, 0.15) is 29.5 Å². The number of fused-ring (bicyclic) bond motifs is 3. The van der Waals surface area contributed by atoms with Crippen LogP contribution in [-0.4, -0.2) is 150 Å². The highest BCUT2D eigenvalue weighted by Gasteiger charge is 2.28. The van der Waals surface area contributed by atoms with Crippen LogP contribution in [0.25, 0.3) is 66.9 Å². The number of methoxy groups -OCH3 is 4. The quantitative estimate of drug-likeness (QED) is 0.0509. The molecule has 23 nitrogen and oxygen atoms in total. The topological polar surface area (TPSA) is 239 Å². The zero-order valence-corrected chi connectivity index (χ0v) is 56.4. The molecule has 0 radical (unpaired) electrons. The van der Waals surface area contributed by atoms with Crippen LogP contribution < -0.4 is 44.3 Å². The number of alkyl halides is 3. The number of aryl methyl sites for hydroxylation is 3. The van der Waals surface area contributed by atoms with Gasteiger partial charge in [-0.1, -0.05) is 37.0 Å². The van der Waals surface area contributed by atoms with Gasteiger partial charge < -0.3 is 49.4 Å². The second-order valence-electron chi connectivity index (χ2n) is 22.8. The third kappa shape index (κ3) is 18.9. The van der Waals surface area contributed by atoms with E-state index in [-0.39, 0.29) is 31.1 Å². The maximum absolute atomic E-state index is 12.5. The van der Waals surface area contributed by atoms with Crippen LogP contribution >= 0.6 is 23.2 Å². The number of aliphatic hydroxyl groups excluding tert-OH is 1. The molecule has 6 aromatic heterocycles. The largest absolute Gasteiger partial charge is 0.497 e. The van der Waals surface area contributed by atoms with Gasteiger partial charge in [0.2, 0.25) is 5.91 Å². The summed E-state index contributed by atoms with van der Waals surface area (Å²) in [6, 6.07) is 32.2. The Balaban J connectivity index is 0.000000170. The summed E-state index contributed by atoms with van der Waals surface area (Å²) in [5, 5.41) is 28.7.